The van der Waals surface area contributed by atoms with E-state index in [2.05, 4.69) is 10.6 Å². The van der Waals surface area contributed by atoms with Crippen molar-refractivity contribution in [2.24, 2.45) is 5.92 Å². The fraction of sp³-hybridized carbons (Fsp3) is 0.263. The van der Waals surface area contributed by atoms with Gasteiger partial charge in [0, 0.05) is 5.69 Å². The highest BCUT2D eigenvalue weighted by atomic mass is 19.1. The van der Waals surface area contributed by atoms with Crippen molar-refractivity contribution in [2.75, 3.05) is 12.4 Å². The first-order valence-corrected chi connectivity index (χ1v) is 7.92. The number of rotatable bonds is 6. The Balaban J connectivity index is 2.15. The lowest BCUT2D eigenvalue weighted by Crippen LogP contribution is -2.47. The standard InChI is InChI=1S/C19H21FN2O3/c1-12(2)17(19(24)21-14-8-6-7-13(20)11-14)22-18(23)15-9-4-5-10-16(15)25-3/h4-12,17H,1-3H3,(H,21,24)(H,22,23)/t17-/m0/s1. The summed E-state index contributed by atoms with van der Waals surface area (Å²) >= 11 is 0. The van der Waals surface area contributed by atoms with Crippen LogP contribution >= 0.6 is 0 Å². The molecule has 0 heterocycles. The van der Waals surface area contributed by atoms with Crippen LogP contribution in [0.2, 0.25) is 0 Å². The van der Waals surface area contributed by atoms with Crippen molar-refractivity contribution in [3.63, 3.8) is 0 Å². The van der Waals surface area contributed by atoms with E-state index in [0.29, 0.717) is 17.0 Å². The first kappa shape index (κ1) is 18.4. The molecule has 0 fully saturated rings. The molecule has 0 bridgehead atoms. The Labute approximate surface area is 146 Å². The zero-order valence-corrected chi connectivity index (χ0v) is 14.4. The molecular weight excluding hydrogens is 323 g/mol. The van der Waals surface area contributed by atoms with Gasteiger partial charge in [-0.2, -0.15) is 0 Å². The second kappa shape index (κ2) is 8.28. The molecule has 132 valence electrons. The zero-order valence-electron chi connectivity index (χ0n) is 14.4. The molecule has 6 heteroatoms. The number of carbonyl (C=O) groups is 2. The van der Waals surface area contributed by atoms with Gasteiger partial charge in [0.1, 0.15) is 17.6 Å². The number of halogens is 1. The number of ether oxygens (including phenoxy) is 1. The van der Waals surface area contributed by atoms with Crippen LogP contribution in [0.1, 0.15) is 24.2 Å². The smallest absolute Gasteiger partial charge is 0.255 e. The lowest BCUT2D eigenvalue weighted by Gasteiger charge is -2.22. The highest BCUT2D eigenvalue weighted by molar-refractivity contribution is 6.02. The molecular formula is C19H21FN2O3. The minimum atomic E-state index is -0.777. The summed E-state index contributed by atoms with van der Waals surface area (Å²) in [5.41, 5.74) is 0.677. The third kappa shape index (κ3) is 4.79. The summed E-state index contributed by atoms with van der Waals surface area (Å²) < 4.78 is 18.4. The first-order valence-electron chi connectivity index (χ1n) is 7.92. The monoisotopic (exact) mass is 344 g/mol. The fourth-order valence-corrected chi connectivity index (χ4v) is 2.37. The maximum Gasteiger partial charge on any atom is 0.255 e. The lowest BCUT2D eigenvalue weighted by atomic mass is 10.0. The summed E-state index contributed by atoms with van der Waals surface area (Å²) in [6.07, 6.45) is 0. The SMILES string of the molecule is COc1ccccc1C(=O)N[C@H](C(=O)Nc1cccc(F)c1)C(C)C. The number of benzene rings is 2. The number of methoxy groups -OCH3 is 1. The molecule has 2 aromatic rings. The van der Waals surface area contributed by atoms with Crippen LogP contribution in [0.3, 0.4) is 0 Å². The number of carbonyl (C=O) groups excluding carboxylic acids is 2. The summed E-state index contributed by atoms with van der Waals surface area (Å²) in [6, 6.07) is 11.6. The number of hydrogen-bond acceptors (Lipinski definition) is 3. The van der Waals surface area contributed by atoms with Gasteiger partial charge in [-0.25, -0.2) is 4.39 Å². The molecule has 0 unspecified atom stereocenters. The van der Waals surface area contributed by atoms with Crippen molar-refractivity contribution >= 4 is 17.5 Å². The molecule has 0 aliphatic rings. The van der Waals surface area contributed by atoms with Crippen molar-refractivity contribution in [2.45, 2.75) is 19.9 Å². The van der Waals surface area contributed by atoms with Crippen molar-refractivity contribution in [3.8, 4) is 5.75 Å². The van der Waals surface area contributed by atoms with E-state index in [1.165, 1.54) is 25.3 Å². The average molecular weight is 344 g/mol. The number of para-hydroxylation sites is 1. The maximum absolute atomic E-state index is 13.3. The molecule has 2 aromatic carbocycles. The van der Waals surface area contributed by atoms with Gasteiger partial charge in [0.25, 0.3) is 5.91 Å². The van der Waals surface area contributed by atoms with Crippen LogP contribution in [0.5, 0.6) is 5.75 Å². The minimum Gasteiger partial charge on any atom is -0.496 e. The molecule has 25 heavy (non-hydrogen) atoms. The molecule has 0 saturated carbocycles. The summed E-state index contributed by atoms with van der Waals surface area (Å²) in [7, 11) is 1.47. The average Bonchev–Trinajstić information content (AvgIpc) is 2.59. The van der Waals surface area contributed by atoms with Gasteiger partial charge in [0.2, 0.25) is 5.91 Å². The van der Waals surface area contributed by atoms with E-state index in [9.17, 15) is 14.0 Å². The Morgan fingerprint density at radius 1 is 1.08 bits per heavy atom. The Bertz CT molecular complexity index is 762. The molecule has 2 rings (SSSR count). The highest BCUT2D eigenvalue weighted by Gasteiger charge is 2.26. The lowest BCUT2D eigenvalue weighted by molar-refractivity contribution is -0.118. The van der Waals surface area contributed by atoms with Crippen molar-refractivity contribution in [1.29, 1.82) is 0 Å². The fourth-order valence-electron chi connectivity index (χ4n) is 2.37. The quantitative estimate of drug-likeness (QED) is 0.845. The molecule has 0 aromatic heterocycles. The third-order valence-corrected chi connectivity index (χ3v) is 3.68. The first-order chi connectivity index (χ1) is 11.9. The van der Waals surface area contributed by atoms with E-state index >= 15 is 0 Å². The molecule has 2 N–H and O–H groups in total. The van der Waals surface area contributed by atoms with Crippen molar-refractivity contribution in [1.82, 2.24) is 5.32 Å². The zero-order chi connectivity index (χ0) is 18.4. The number of hydrogen-bond donors (Lipinski definition) is 2. The van der Waals surface area contributed by atoms with Crippen LogP contribution in [0.25, 0.3) is 0 Å². The van der Waals surface area contributed by atoms with Crippen LogP contribution in [-0.2, 0) is 4.79 Å². The van der Waals surface area contributed by atoms with Gasteiger partial charge in [0.15, 0.2) is 0 Å². The molecule has 2 amide bonds. The molecule has 0 aliphatic heterocycles. The van der Waals surface area contributed by atoms with Gasteiger partial charge in [-0.05, 0) is 36.2 Å². The van der Waals surface area contributed by atoms with Crippen LogP contribution in [0.4, 0.5) is 10.1 Å². The minimum absolute atomic E-state index is 0.160. The van der Waals surface area contributed by atoms with Crippen LogP contribution in [0.15, 0.2) is 48.5 Å². The molecule has 0 spiro atoms. The van der Waals surface area contributed by atoms with Crippen LogP contribution in [-0.4, -0.2) is 25.0 Å². The second-order valence-corrected chi connectivity index (χ2v) is 5.90. The molecule has 0 aliphatic carbocycles. The molecule has 0 saturated heterocycles. The Hall–Kier alpha value is -2.89. The Morgan fingerprint density at radius 3 is 2.44 bits per heavy atom. The van der Waals surface area contributed by atoms with E-state index in [1.807, 2.05) is 13.8 Å². The topological polar surface area (TPSA) is 67.4 Å². The van der Waals surface area contributed by atoms with Crippen LogP contribution in [0, 0.1) is 11.7 Å². The normalized spacial score (nSPS) is 11.7. The number of amides is 2. The Kier molecular flexibility index (Phi) is 6.11. The van der Waals surface area contributed by atoms with Crippen LogP contribution < -0.4 is 15.4 Å². The number of anilines is 1. The predicted octanol–water partition coefficient (Wildman–Crippen LogP) is 3.23. The summed E-state index contributed by atoms with van der Waals surface area (Å²) in [6.45, 7) is 3.64. The summed E-state index contributed by atoms with van der Waals surface area (Å²) in [4.78, 5) is 25.0. The summed E-state index contributed by atoms with van der Waals surface area (Å²) in [5, 5.41) is 5.34. The van der Waals surface area contributed by atoms with E-state index < -0.39 is 23.7 Å². The van der Waals surface area contributed by atoms with Gasteiger partial charge in [0.05, 0.1) is 12.7 Å². The molecule has 1 atom stereocenters. The van der Waals surface area contributed by atoms with Gasteiger partial charge < -0.3 is 15.4 Å². The van der Waals surface area contributed by atoms with E-state index in [0.717, 1.165) is 0 Å². The third-order valence-electron chi connectivity index (χ3n) is 3.68. The number of nitrogens with one attached hydrogen (secondary N) is 2. The second-order valence-electron chi connectivity index (χ2n) is 5.90. The van der Waals surface area contributed by atoms with Crippen molar-refractivity contribution < 1.29 is 18.7 Å². The highest BCUT2D eigenvalue weighted by Crippen LogP contribution is 2.18. The largest absolute Gasteiger partial charge is 0.496 e. The van der Waals surface area contributed by atoms with Gasteiger partial charge >= 0.3 is 0 Å². The van der Waals surface area contributed by atoms with Gasteiger partial charge in [-0.1, -0.05) is 32.0 Å². The van der Waals surface area contributed by atoms with E-state index in [4.69, 9.17) is 4.74 Å². The van der Waals surface area contributed by atoms with Gasteiger partial charge in [-0.3, -0.25) is 9.59 Å². The molecule has 5 nitrogen and oxygen atoms in total. The maximum atomic E-state index is 13.3. The van der Waals surface area contributed by atoms with Crippen molar-refractivity contribution in [3.05, 3.63) is 59.9 Å². The van der Waals surface area contributed by atoms with Gasteiger partial charge in [-0.15, -0.1) is 0 Å². The Morgan fingerprint density at radius 2 is 1.80 bits per heavy atom. The molecule has 0 radical (unpaired) electrons. The van der Waals surface area contributed by atoms with E-state index in [-0.39, 0.29) is 5.92 Å². The summed E-state index contributed by atoms with van der Waals surface area (Å²) in [5.74, 6) is -1.01. The predicted molar refractivity (Wildman–Crippen MR) is 94.1 cm³/mol. The van der Waals surface area contributed by atoms with E-state index in [1.54, 1.807) is 30.3 Å².